The highest BCUT2D eigenvalue weighted by Crippen LogP contribution is 2.18. The molecule has 5 nitrogen and oxygen atoms in total. The van der Waals surface area contributed by atoms with Gasteiger partial charge in [-0.05, 0) is 25.5 Å². The lowest BCUT2D eigenvalue weighted by molar-refractivity contribution is 0.177. The maximum absolute atomic E-state index is 12.2. The van der Waals surface area contributed by atoms with Crippen LogP contribution in [0.2, 0.25) is 0 Å². The fraction of sp³-hybridized carbons (Fsp3) is 0.417. The molecule has 0 saturated carbocycles. The van der Waals surface area contributed by atoms with Crippen LogP contribution in [0.15, 0.2) is 29.2 Å². The van der Waals surface area contributed by atoms with Gasteiger partial charge in [-0.3, -0.25) is 0 Å². The zero-order valence-corrected chi connectivity index (χ0v) is 11.2. The van der Waals surface area contributed by atoms with E-state index < -0.39 is 16.1 Å². The first kappa shape index (κ1) is 14.6. The Morgan fingerprint density at radius 2 is 2.06 bits per heavy atom. The van der Waals surface area contributed by atoms with Crippen LogP contribution in [0.4, 0.5) is 0 Å². The third-order valence-electron chi connectivity index (χ3n) is 2.56. The molecular formula is C12H16N2O3S. The van der Waals surface area contributed by atoms with Crippen LogP contribution in [0.1, 0.15) is 18.9 Å². The molecule has 18 heavy (non-hydrogen) atoms. The number of hydrogen-bond acceptors (Lipinski definition) is 4. The van der Waals surface area contributed by atoms with E-state index in [4.69, 9.17) is 10.4 Å². The Balaban J connectivity index is 3.03. The van der Waals surface area contributed by atoms with Crippen molar-refractivity contribution < 1.29 is 13.5 Å². The molecule has 1 unspecified atom stereocenters. The zero-order chi connectivity index (χ0) is 13.8. The van der Waals surface area contributed by atoms with Gasteiger partial charge in [0, 0.05) is 13.6 Å². The summed E-state index contributed by atoms with van der Waals surface area (Å²) < 4.78 is 25.6. The summed E-state index contributed by atoms with van der Waals surface area (Å²) in [6.07, 6.45) is -0.210. The largest absolute Gasteiger partial charge is 0.393 e. The average molecular weight is 268 g/mol. The summed E-state index contributed by atoms with van der Waals surface area (Å²) in [4.78, 5) is 0.000549. The van der Waals surface area contributed by atoms with E-state index in [0.29, 0.717) is 6.42 Å². The minimum Gasteiger partial charge on any atom is -0.393 e. The van der Waals surface area contributed by atoms with Crippen molar-refractivity contribution >= 4 is 10.0 Å². The summed E-state index contributed by atoms with van der Waals surface area (Å²) in [5.74, 6) is 0. The van der Waals surface area contributed by atoms with Gasteiger partial charge in [0.1, 0.15) is 6.07 Å². The maximum atomic E-state index is 12.2. The number of aliphatic hydroxyl groups is 1. The smallest absolute Gasteiger partial charge is 0.244 e. The Morgan fingerprint density at radius 3 is 2.61 bits per heavy atom. The number of benzene rings is 1. The van der Waals surface area contributed by atoms with Gasteiger partial charge in [-0.25, -0.2) is 12.7 Å². The van der Waals surface area contributed by atoms with E-state index in [-0.39, 0.29) is 17.0 Å². The maximum Gasteiger partial charge on any atom is 0.244 e. The minimum absolute atomic E-state index is 0.000549. The van der Waals surface area contributed by atoms with Crippen molar-refractivity contribution in [3.8, 4) is 6.07 Å². The lowest BCUT2D eigenvalue weighted by atomic mass is 10.2. The van der Waals surface area contributed by atoms with Crippen LogP contribution in [-0.2, 0) is 10.0 Å². The molecule has 0 aliphatic heterocycles. The van der Waals surface area contributed by atoms with Crippen LogP contribution >= 0.6 is 0 Å². The quantitative estimate of drug-likeness (QED) is 0.862. The molecule has 0 bridgehead atoms. The molecule has 1 N–H and O–H groups in total. The lowest BCUT2D eigenvalue weighted by Crippen LogP contribution is -2.30. The Labute approximate surface area is 107 Å². The molecule has 98 valence electrons. The Bertz CT molecular complexity index is 547. The van der Waals surface area contributed by atoms with Crippen molar-refractivity contribution in [2.45, 2.75) is 24.3 Å². The number of sulfonamides is 1. The topological polar surface area (TPSA) is 81.4 Å². The van der Waals surface area contributed by atoms with E-state index in [1.807, 2.05) is 6.07 Å². The zero-order valence-electron chi connectivity index (χ0n) is 10.4. The molecule has 0 aromatic heterocycles. The van der Waals surface area contributed by atoms with Crippen molar-refractivity contribution in [2.24, 2.45) is 0 Å². The summed E-state index contributed by atoms with van der Waals surface area (Å²) in [5, 5.41) is 18.1. The van der Waals surface area contributed by atoms with E-state index in [0.717, 1.165) is 4.31 Å². The molecule has 0 aliphatic rings. The van der Waals surface area contributed by atoms with Crippen molar-refractivity contribution in [1.82, 2.24) is 4.31 Å². The van der Waals surface area contributed by atoms with E-state index in [1.165, 1.54) is 19.2 Å². The first-order valence-corrected chi connectivity index (χ1v) is 6.97. The highest BCUT2D eigenvalue weighted by molar-refractivity contribution is 7.89. The monoisotopic (exact) mass is 268 g/mol. The third-order valence-corrected chi connectivity index (χ3v) is 4.47. The van der Waals surface area contributed by atoms with E-state index in [9.17, 15) is 8.42 Å². The van der Waals surface area contributed by atoms with Gasteiger partial charge < -0.3 is 5.11 Å². The first-order valence-electron chi connectivity index (χ1n) is 5.53. The predicted molar refractivity (Wildman–Crippen MR) is 67.3 cm³/mol. The number of aliphatic hydroxyl groups excluding tert-OH is 1. The molecule has 1 aromatic rings. The molecule has 0 saturated heterocycles. The van der Waals surface area contributed by atoms with Gasteiger partial charge >= 0.3 is 0 Å². The minimum atomic E-state index is -3.68. The molecule has 6 heteroatoms. The average Bonchev–Trinajstić information content (AvgIpc) is 2.35. The number of nitrogens with zero attached hydrogens (tertiary/aromatic N) is 2. The van der Waals surface area contributed by atoms with Crippen LogP contribution in [0.5, 0.6) is 0 Å². The SMILES string of the molecule is CC(O)CCN(C)S(=O)(=O)c1ccccc1C#N. The second-order valence-corrected chi connectivity index (χ2v) is 6.09. The number of rotatable bonds is 5. The molecule has 0 radical (unpaired) electrons. The molecule has 0 aliphatic carbocycles. The van der Waals surface area contributed by atoms with Gasteiger partial charge in [0.25, 0.3) is 0 Å². The molecule has 0 fully saturated rings. The van der Waals surface area contributed by atoms with Crippen molar-refractivity contribution in [2.75, 3.05) is 13.6 Å². The van der Waals surface area contributed by atoms with Crippen molar-refractivity contribution in [1.29, 1.82) is 5.26 Å². The van der Waals surface area contributed by atoms with Crippen LogP contribution < -0.4 is 0 Å². The van der Waals surface area contributed by atoms with E-state index in [2.05, 4.69) is 0 Å². The predicted octanol–water partition coefficient (Wildman–Crippen LogP) is 0.950. The normalized spacial score (nSPS) is 13.3. The molecule has 1 atom stereocenters. The highest BCUT2D eigenvalue weighted by atomic mass is 32.2. The fourth-order valence-corrected chi connectivity index (χ4v) is 2.76. The van der Waals surface area contributed by atoms with Crippen LogP contribution in [0, 0.1) is 11.3 Å². The van der Waals surface area contributed by atoms with Crippen molar-refractivity contribution in [3.05, 3.63) is 29.8 Å². The molecular weight excluding hydrogens is 252 g/mol. The third kappa shape index (κ3) is 3.29. The van der Waals surface area contributed by atoms with Crippen molar-refractivity contribution in [3.63, 3.8) is 0 Å². The fourth-order valence-electron chi connectivity index (χ4n) is 1.44. The Kier molecular flexibility index (Phi) is 4.84. The summed E-state index contributed by atoms with van der Waals surface area (Å²) in [6, 6.07) is 7.94. The summed E-state index contributed by atoms with van der Waals surface area (Å²) in [5.41, 5.74) is 0.126. The van der Waals surface area contributed by atoms with Crippen LogP contribution in [-0.4, -0.2) is 37.5 Å². The lowest BCUT2D eigenvalue weighted by Gasteiger charge is -2.18. The van der Waals surface area contributed by atoms with Gasteiger partial charge in [-0.15, -0.1) is 0 Å². The molecule has 0 amide bonds. The first-order chi connectivity index (χ1) is 8.39. The molecule has 0 heterocycles. The summed E-state index contributed by atoms with van der Waals surface area (Å²) in [7, 11) is -2.24. The second kappa shape index (κ2) is 5.96. The number of nitriles is 1. The second-order valence-electron chi connectivity index (χ2n) is 4.07. The molecule has 1 rings (SSSR count). The molecule has 0 spiro atoms. The summed E-state index contributed by atoms with van der Waals surface area (Å²) in [6.45, 7) is 1.81. The Morgan fingerprint density at radius 1 is 1.44 bits per heavy atom. The van der Waals surface area contributed by atoms with Crippen LogP contribution in [0.3, 0.4) is 0 Å². The van der Waals surface area contributed by atoms with Gasteiger partial charge in [0.15, 0.2) is 0 Å². The highest BCUT2D eigenvalue weighted by Gasteiger charge is 2.23. The standard InChI is InChI=1S/C12H16N2O3S/c1-10(15)7-8-14(2)18(16,17)12-6-4-3-5-11(12)9-13/h3-6,10,15H,7-8H2,1-2H3. The molecule has 1 aromatic carbocycles. The Hall–Kier alpha value is -1.42. The van der Waals surface area contributed by atoms with Crippen LogP contribution in [0.25, 0.3) is 0 Å². The van der Waals surface area contributed by atoms with Gasteiger partial charge in [-0.1, -0.05) is 12.1 Å². The van der Waals surface area contributed by atoms with E-state index >= 15 is 0 Å². The van der Waals surface area contributed by atoms with Gasteiger partial charge in [-0.2, -0.15) is 5.26 Å². The van der Waals surface area contributed by atoms with E-state index in [1.54, 1.807) is 19.1 Å². The summed E-state index contributed by atoms with van der Waals surface area (Å²) >= 11 is 0. The number of hydrogen-bond donors (Lipinski definition) is 1. The van der Waals surface area contributed by atoms with Gasteiger partial charge in [0.05, 0.1) is 16.6 Å². The van der Waals surface area contributed by atoms with Gasteiger partial charge in [0.2, 0.25) is 10.0 Å².